The lowest BCUT2D eigenvalue weighted by Crippen LogP contribution is -2.28. The number of ether oxygens (including phenoxy) is 3. The van der Waals surface area contributed by atoms with Crippen molar-refractivity contribution in [1.29, 1.82) is 0 Å². The number of alkyl halides is 3. The van der Waals surface area contributed by atoms with Crippen molar-refractivity contribution in [1.82, 2.24) is 4.90 Å². The Labute approximate surface area is 188 Å². The van der Waals surface area contributed by atoms with Crippen molar-refractivity contribution in [2.75, 3.05) is 21.3 Å². The minimum Gasteiger partial charge on any atom is -0.496 e. The lowest BCUT2D eigenvalue weighted by molar-refractivity contribution is -0.138. The van der Waals surface area contributed by atoms with Crippen LogP contribution in [0.5, 0.6) is 5.75 Å². The van der Waals surface area contributed by atoms with Gasteiger partial charge in [-0.15, -0.1) is 0 Å². The van der Waals surface area contributed by atoms with Gasteiger partial charge in [0.1, 0.15) is 5.75 Å². The molecule has 3 rings (SSSR count). The molecule has 0 atom stereocenters. The van der Waals surface area contributed by atoms with Gasteiger partial charge in [-0.1, -0.05) is 30.3 Å². The summed E-state index contributed by atoms with van der Waals surface area (Å²) in [7, 11) is 3.91. The third-order valence-electron chi connectivity index (χ3n) is 5.19. The number of benzene rings is 2. The van der Waals surface area contributed by atoms with Crippen LogP contribution in [-0.2, 0) is 31.8 Å². The Hall–Kier alpha value is -3.75. The molecule has 1 aliphatic heterocycles. The first kappa shape index (κ1) is 23.9. The van der Waals surface area contributed by atoms with Gasteiger partial charge in [0.25, 0.3) is 0 Å². The Bertz CT molecular complexity index is 1060. The van der Waals surface area contributed by atoms with E-state index in [1.807, 2.05) is 18.2 Å². The van der Waals surface area contributed by atoms with Crippen LogP contribution in [0.15, 0.2) is 72.1 Å². The second-order valence-corrected chi connectivity index (χ2v) is 7.19. The molecule has 1 aliphatic rings. The number of carbonyl (C=O) groups excluding carboxylic acids is 2. The van der Waals surface area contributed by atoms with E-state index < -0.39 is 29.6 Å². The molecule has 0 aliphatic carbocycles. The highest BCUT2D eigenvalue weighted by molar-refractivity contribution is 5.98. The first-order valence-electron chi connectivity index (χ1n) is 9.84. The zero-order valence-corrected chi connectivity index (χ0v) is 18.2. The van der Waals surface area contributed by atoms with Gasteiger partial charge in [0, 0.05) is 18.0 Å². The third-order valence-corrected chi connectivity index (χ3v) is 5.19. The van der Waals surface area contributed by atoms with Crippen molar-refractivity contribution in [2.24, 2.45) is 0 Å². The number of esters is 2. The van der Waals surface area contributed by atoms with Crippen LogP contribution in [0.2, 0.25) is 0 Å². The monoisotopic (exact) mass is 461 g/mol. The molecular formula is C24H22F3NO5. The summed E-state index contributed by atoms with van der Waals surface area (Å²) in [5.74, 6) is -1.80. The maximum atomic E-state index is 13.0. The smallest absolute Gasteiger partial charge is 0.416 e. The van der Waals surface area contributed by atoms with Gasteiger partial charge in [-0.25, -0.2) is 9.59 Å². The number of nitrogens with zero attached hydrogens (tertiary/aromatic N) is 1. The van der Waals surface area contributed by atoms with Crippen LogP contribution in [0.3, 0.4) is 0 Å². The van der Waals surface area contributed by atoms with Crippen molar-refractivity contribution in [3.8, 4) is 5.75 Å². The number of methoxy groups -OCH3 is 3. The van der Waals surface area contributed by atoms with Gasteiger partial charge in [-0.2, -0.15) is 13.2 Å². The fourth-order valence-corrected chi connectivity index (χ4v) is 3.63. The second kappa shape index (κ2) is 9.81. The van der Waals surface area contributed by atoms with Gasteiger partial charge in [0.05, 0.1) is 50.5 Å². The van der Waals surface area contributed by atoms with Crippen LogP contribution in [0.4, 0.5) is 13.2 Å². The zero-order valence-electron chi connectivity index (χ0n) is 18.2. The molecule has 33 heavy (non-hydrogen) atoms. The van der Waals surface area contributed by atoms with E-state index in [0.717, 1.165) is 17.7 Å². The highest BCUT2D eigenvalue weighted by Gasteiger charge is 2.36. The van der Waals surface area contributed by atoms with E-state index in [9.17, 15) is 22.8 Å². The Morgan fingerprint density at radius 1 is 0.879 bits per heavy atom. The molecule has 0 aromatic heterocycles. The molecule has 6 nitrogen and oxygen atoms in total. The molecule has 0 radical (unpaired) electrons. The molecule has 0 N–H and O–H groups in total. The highest BCUT2D eigenvalue weighted by atomic mass is 19.4. The standard InChI is InChI=1S/C24H22F3NO5/c1-31-20-7-5-4-6-16(20)12-28-13-18(22(29)32-2)21(19(14-28)23(30)33-3)15-8-10-17(11-9-15)24(25,26)27/h4-11,13-14,21H,12H2,1-3H3. The number of rotatable bonds is 6. The summed E-state index contributed by atoms with van der Waals surface area (Å²) in [5.41, 5.74) is 0.416. The van der Waals surface area contributed by atoms with Crippen molar-refractivity contribution in [3.05, 3.63) is 88.8 Å². The largest absolute Gasteiger partial charge is 0.496 e. The maximum Gasteiger partial charge on any atom is 0.416 e. The number of para-hydroxylation sites is 1. The summed E-state index contributed by atoms with van der Waals surface area (Å²) in [6.07, 6.45) is -1.50. The lowest BCUT2D eigenvalue weighted by Gasteiger charge is -2.30. The summed E-state index contributed by atoms with van der Waals surface area (Å²) in [6.45, 7) is 0.255. The third kappa shape index (κ3) is 5.19. The fourth-order valence-electron chi connectivity index (χ4n) is 3.63. The predicted molar refractivity (Wildman–Crippen MR) is 113 cm³/mol. The second-order valence-electron chi connectivity index (χ2n) is 7.19. The quantitative estimate of drug-likeness (QED) is 0.594. The van der Waals surface area contributed by atoms with Gasteiger partial charge < -0.3 is 19.1 Å². The molecular weight excluding hydrogens is 439 g/mol. The molecule has 0 amide bonds. The molecule has 0 bridgehead atoms. The molecule has 9 heteroatoms. The van der Waals surface area contributed by atoms with Crippen LogP contribution < -0.4 is 4.74 Å². The predicted octanol–water partition coefficient (Wildman–Crippen LogP) is 4.43. The van der Waals surface area contributed by atoms with Gasteiger partial charge >= 0.3 is 18.1 Å². The van der Waals surface area contributed by atoms with E-state index in [4.69, 9.17) is 14.2 Å². The molecule has 174 valence electrons. The van der Waals surface area contributed by atoms with Crippen LogP contribution >= 0.6 is 0 Å². The SMILES string of the molecule is COC(=O)C1=CN(Cc2ccccc2OC)C=C(C(=O)OC)C1c1ccc(C(F)(F)F)cc1. The summed E-state index contributed by atoms with van der Waals surface area (Å²) >= 11 is 0. The Morgan fingerprint density at radius 2 is 1.42 bits per heavy atom. The number of halogens is 3. The maximum absolute atomic E-state index is 13.0. The van der Waals surface area contributed by atoms with Gasteiger partial charge in [-0.3, -0.25) is 0 Å². The van der Waals surface area contributed by atoms with Gasteiger partial charge in [0.15, 0.2) is 0 Å². The fraction of sp³-hybridized carbons (Fsp3) is 0.250. The highest BCUT2D eigenvalue weighted by Crippen LogP contribution is 2.39. The lowest BCUT2D eigenvalue weighted by atomic mass is 9.83. The van der Waals surface area contributed by atoms with Crippen LogP contribution in [-0.4, -0.2) is 38.2 Å². The Kier molecular flexibility index (Phi) is 7.10. The van der Waals surface area contributed by atoms with Crippen LogP contribution in [0.1, 0.15) is 22.6 Å². The van der Waals surface area contributed by atoms with Crippen molar-refractivity contribution >= 4 is 11.9 Å². The van der Waals surface area contributed by atoms with Crippen molar-refractivity contribution in [2.45, 2.75) is 18.6 Å². The number of hydrogen-bond donors (Lipinski definition) is 0. The first-order valence-corrected chi connectivity index (χ1v) is 9.84. The summed E-state index contributed by atoms with van der Waals surface area (Å²) < 4.78 is 54.2. The Morgan fingerprint density at radius 3 is 1.91 bits per heavy atom. The van der Waals surface area contributed by atoms with E-state index in [0.29, 0.717) is 11.3 Å². The molecule has 0 fully saturated rings. The number of hydrogen-bond acceptors (Lipinski definition) is 6. The average Bonchev–Trinajstić information content (AvgIpc) is 2.82. The molecule has 0 unspecified atom stereocenters. The minimum absolute atomic E-state index is 0.0788. The molecule has 0 saturated carbocycles. The van der Waals surface area contributed by atoms with Crippen molar-refractivity contribution < 1.29 is 37.0 Å². The van der Waals surface area contributed by atoms with E-state index in [1.54, 1.807) is 11.0 Å². The Balaban J connectivity index is 2.08. The van der Waals surface area contributed by atoms with E-state index in [1.165, 1.54) is 45.9 Å². The summed E-state index contributed by atoms with van der Waals surface area (Å²) in [5, 5.41) is 0. The van der Waals surface area contributed by atoms with E-state index in [-0.39, 0.29) is 17.7 Å². The molecule has 0 saturated heterocycles. The molecule has 2 aromatic rings. The number of carbonyl (C=O) groups is 2. The van der Waals surface area contributed by atoms with Gasteiger partial charge in [-0.05, 0) is 23.8 Å². The van der Waals surface area contributed by atoms with Crippen molar-refractivity contribution in [3.63, 3.8) is 0 Å². The average molecular weight is 461 g/mol. The summed E-state index contributed by atoms with van der Waals surface area (Å²) in [6, 6.07) is 11.5. The van der Waals surface area contributed by atoms with Crippen LogP contribution in [0, 0.1) is 0 Å². The minimum atomic E-state index is -4.52. The topological polar surface area (TPSA) is 65.1 Å². The first-order chi connectivity index (χ1) is 15.7. The normalized spacial score (nSPS) is 14.3. The molecule has 1 heterocycles. The van der Waals surface area contributed by atoms with E-state index in [2.05, 4.69) is 0 Å². The van der Waals surface area contributed by atoms with E-state index >= 15 is 0 Å². The summed E-state index contributed by atoms with van der Waals surface area (Å²) in [4.78, 5) is 26.9. The van der Waals surface area contributed by atoms with Gasteiger partial charge in [0.2, 0.25) is 0 Å². The van der Waals surface area contributed by atoms with Crippen LogP contribution in [0.25, 0.3) is 0 Å². The zero-order chi connectivity index (χ0) is 24.2. The molecule has 0 spiro atoms. The molecule has 2 aromatic carbocycles.